The Kier molecular flexibility index (Phi) is 4.41. The number of thiazole rings is 1. The Morgan fingerprint density at radius 2 is 1.88 bits per heavy atom. The Hall–Kier alpha value is -2.94. The van der Waals surface area contributed by atoms with Gasteiger partial charge in [-0.3, -0.25) is 9.69 Å². The van der Waals surface area contributed by atoms with Crippen LogP contribution in [0.4, 0.5) is 5.13 Å². The number of carbonyl (C=O) groups excluding carboxylic acids is 3. The first-order chi connectivity index (χ1) is 12.0. The van der Waals surface area contributed by atoms with Crippen LogP contribution in [0.3, 0.4) is 0 Å². The zero-order valence-corrected chi connectivity index (χ0v) is 14.5. The molecule has 0 fully saturated rings. The number of benzene rings is 1. The molecule has 1 aromatic heterocycles. The van der Waals surface area contributed by atoms with Crippen molar-refractivity contribution in [3.8, 4) is 0 Å². The maximum Gasteiger partial charge on any atom is 0.340 e. The summed E-state index contributed by atoms with van der Waals surface area (Å²) in [7, 11) is 3.57. The smallest absolute Gasteiger partial charge is 0.340 e. The topological polar surface area (TPSA) is 95.0 Å². The molecule has 1 aliphatic heterocycles. The highest BCUT2D eigenvalue weighted by Gasteiger charge is 2.50. The Balaban J connectivity index is 2.16. The molecule has 9 heteroatoms. The van der Waals surface area contributed by atoms with E-state index >= 15 is 0 Å². The zero-order valence-electron chi connectivity index (χ0n) is 13.6. The average Bonchev–Trinajstić information content (AvgIpc) is 3.18. The van der Waals surface area contributed by atoms with Crippen LogP contribution in [0.1, 0.15) is 0 Å². The standard InChI is InChI=1S/C16H14N2O6S/c1-22-12-10(14(20)23-2)11(15(21)24-3)18(13(12)19)16-17-8-6-4-5-7-9(8)25-16/h4-7,11H,1-3H3. The quantitative estimate of drug-likeness (QED) is 0.756. The first-order valence-corrected chi connectivity index (χ1v) is 7.98. The largest absolute Gasteiger partial charge is 0.491 e. The van der Waals surface area contributed by atoms with Crippen molar-refractivity contribution >= 4 is 44.5 Å². The minimum Gasteiger partial charge on any atom is -0.491 e. The third kappa shape index (κ3) is 2.62. The fourth-order valence-corrected chi connectivity index (χ4v) is 3.59. The van der Waals surface area contributed by atoms with Crippen molar-refractivity contribution in [2.75, 3.05) is 26.2 Å². The molecular formula is C16H14N2O6S. The summed E-state index contributed by atoms with van der Waals surface area (Å²) in [6, 6.07) is 5.96. The van der Waals surface area contributed by atoms with Gasteiger partial charge in [-0.1, -0.05) is 23.5 Å². The number of methoxy groups -OCH3 is 3. The molecule has 1 atom stereocenters. The van der Waals surface area contributed by atoms with Crippen molar-refractivity contribution in [2.45, 2.75) is 6.04 Å². The van der Waals surface area contributed by atoms with Crippen LogP contribution >= 0.6 is 11.3 Å². The molecule has 2 heterocycles. The van der Waals surface area contributed by atoms with E-state index in [2.05, 4.69) is 4.98 Å². The van der Waals surface area contributed by atoms with E-state index in [1.165, 1.54) is 25.6 Å². The van der Waals surface area contributed by atoms with Gasteiger partial charge in [0.15, 0.2) is 16.9 Å². The number of amides is 1. The third-order valence-electron chi connectivity index (χ3n) is 3.71. The molecule has 3 rings (SSSR count). The van der Waals surface area contributed by atoms with Gasteiger partial charge in [-0.25, -0.2) is 14.6 Å². The summed E-state index contributed by atoms with van der Waals surface area (Å²) >= 11 is 1.22. The second-order valence-electron chi connectivity index (χ2n) is 5.00. The van der Waals surface area contributed by atoms with Gasteiger partial charge in [0.25, 0.3) is 5.91 Å². The van der Waals surface area contributed by atoms with E-state index in [4.69, 9.17) is 14.2 Å². The van der Waals surface area contributed by atoms with Crippen molar-refractivity contribution in [2.24, 2.45) is 0 Å². The van der Waals surface area contributed by atoms with Gasteiger partial charge in [0.05, 0.1) is 31.5 Å². The van der Waals surface area contributed by atoms with Gasteiger partial charge in [-0.2, -0.15) is 0 Å². The lowest BCUT2D eigenvalue weighted by Gasteiger charge is -2.21. The van der Waals surface area contributed by atoms with Crippen molar-refractivity contribution < 1.29 is 28.6 Å². The first kappa shape index (κ1) is 16.9. The molecule has 1 amide bonds. The molecule has 2 aromatic rings. The molecular weight excluding hydrogens is 348 g/mol. The van der Waals surface area contributed by atoms with Gasteiger partial charge >= 0.3 is 11.9 Å². The van der Waals surface area contributed by atoms with Gasteiger partial charge in [-0.05, 0) is 12.1 Å². The second-order valence-corrected chi connectivity index (χ2v) is 6.01. The number of nitrogens with zero attached hydrogens (tertiary/aromatic N) is 2. The van der Waals surface area contributed by atoms with Gasteiger partial charge in [-0.15, -0.1) is 0 Å². The highest BCUT2D eigenvalue weighted by atomic mass is 32.1. The number of ether oxygens (including phenoxy) is 3. The fourth-order valence-electron chi connectivity index (χ4n) is 2.60. The van der Waals surface area contributed by atoms with Gasteiger partial charge in [0.2, 0.25) is 0 Å². The van der Waals surface area contributed by atoms with E-state index in [9.17, 15) is 14.4 Å². The Labute approximate surface area is 146 Å². The highest BCUT2D eigenvalue weighted by Crippen LogP contribution is 2.37. The zero-order chi connectivity index (χ0) is 18.1. The van der Waals surface area contributed by atoms with E-state index in [-0.39, 0.29) is 16.5 Å². The van der Waals surface area contributed by atoms with E-state index in [1.807, 2.05) is 18.2 Å². The Morgan fingerprint density at radius 1 is 1.16 bits per heavy atom. The fraction of sp³-hybridized carbons (Fsp3) is 0.250. The van der Waals surface area contributed by atoms with E-state index in [1.54, 1.807) is 6.07 Å². The third-order valence-corrected chi connectivity index (χ3v) is 4.75. The van der Waals surface area contributed by atoms with E-state index in [0.29, 0.717) is 5.52 Å². The number of esters is 2. The molecule has 0 aliphatic carbocycles. The number of carbonyl (C=O) groups is 3. The normalized spacial score (nSPS) is 17.2. The highest BCUT2D eigenvalue weighted by molar-refractivity contribution is 7.22. The summed E-state index contributed by atoms with van der Waals surface area (Å²) in [5, 5.41) is 0.259. The molecule has 0 N–H and O–H groups in total. The maximum absolute atomic E-state index is 12.8. The number of fused-ring (bicyclic) bond motifs is 1. The molecule has 0 bridgehead atoms. The molecule has 8 nitrogen and oxygen atoms in total. The summed E-state index contributed by atoms with van der Waals surface area (Å²) in [5.74, 6) is -2.55. The summed E-state index contributed by atoms with van der Waals surface area (Å²) in [6.45, 7) is 0. The predicted octanol–water partition coefficient (Wildman–Crippen LogP) is 1.26. The molecule has 1 unspecified atom stereocenters. The van der Waals surface area contributed by atoms with Gasteiger partial charge < -0.3 is 14.2 Å². The van der Waals surface area contributed by atoms with E-state index in [0.717, 1.165) is 16.7 Å². The SMILES string of the molecule is COC(=O)C1=C(OC)C(=O)N(c2nc3ccccc3s2)C1C(=O)OC. The molecule has 25 heavy (non-hydrogen) atoms. The molecule has 130 valence electrons. The average molecular weight is 362 g/mol. The van der Waals surface area contributed by atoms with Crippen LogP contribution < -0.4 is 4.90 Å². The number of para-hydroxylation sites is 1. The van der Waals surface area contributed by atoms with Crippen molar-refractivity contribution in [3.05, 3.63) is 35.6 Å². The van der Waals surface area contributed by atoms with Crippen molar-refractivity contribution in [1.82, 2.24) is 4.98 Å². The lowest BCUT2D eigenvalue weighted by Crippen LogP contribution is -2.43. The van der Waals surface area contributed by atoms with Crippen molar-refractivity contribution in [3.63, 3.8) is 0 Å². The summed E-state index contributed by atoms with van der Waals surface area (Å²) in [6.07, 6.45) is 0. The molecule has 0 spiro atoms. The van der Waals surface area contributed by atoms with Crippen LogP contribution in [0.2, 0.25) is 0 Å². The minimum absolute atomic E-state index is 0.207. The summed E-state index contributed by atoms with van der Waals surface area (Å²) in [4.78, 5) is 42.7. The first-order valence-electron chi connectivity index (χ1n) is 7.17. The monoisotopic (exact) mass is 362 g/mol. The number of rotatable bonds is 4. The van der Waals surface area contributed by atoms with Crippen LogP contribution in [0.25, 0.3) is 10.2 Å². The van der Waals surface area contributed by atoms with Crippen LogP contribution in [0, 0.1) is 0 Å². The van der Waals surface area contributed by atoms with Gasteiger partial charge in [0.1, 0.15) is 5.57 Å². The molecule has 0 saturated carbocycles. The summed E-state index contributed by atoms with van der Waals surface area (Å²) in [5.41, 5.74) is 0.463. The summed E-state index contributed by atoms with van der Waals surface area (Å²) < 4.78 is 15.4. The Bertz CT molecular complexity index is 870. The molecule has 0 saturated heterocycles. The number of anilines is 1. The van der Waals surface area contributed by atoms with Gasteiger partial charge in [0, 0.05) is 0 Å². The number of hydrogen-bond acceptors (Lipinski definition) is 8. The molecule has 1 aromatic carbocycles. The maximum atomic E-state index is 12.8. The molecule has 0 radical (unpaired) electrons. The van der Waals surface area contributed by atoms with Crippen LogP contribution in [-0.4, -0.2) is 50.2 Å². The molecule has 1 aliphatic rings. The predicted molar refractivity (Wildman–Crippen MR) is 89.0 cm³/mol. The number of aromatic nitrogens is 1. The van der Waals surface area contributed by atoms with Crippen LogP contribution in [0.15, 0.2) is 35.6 Å². The van der Waals surface area contributed by atoms with Crippen LogP contribution in [0.5, 0.6) is 0 Å². The lowest BCUT2D eigenvalue weighted by atomic mass is 10.1. The Morgan fingerprint density at radius 3 is 2.48 bits per heavy atom. The lowest BCUT2D eigenvalue weighted by molar-refractivity contribution is -0.144. The minimum atomic E-state index is -1.32. The van der Waals surface area contributed by atoms with Crippen molar-refractivity contribution in [1.29, 1.82) is 0 Å². The second kappa shape index (κ2) is 6.52. The number of hydrogen-bond donors (Lipinski definition) is 0. The van der Waals surface area contributed by atoms with E-state index < -0.39 is 23.9 Å². The van der Waals surface area contributed by atoms with Crippen LogP contribution in [-0.2, 0) is 28.6 Å².